The summed E-state index contributed by atoms with van der Waals surface area (Å²) in [6.07, 6.45) is -29.0. The molecule has 18 atom stereocenters. The fraction of sp³-hybridized carbons (Fsp3) is 1.00. The Balaban J connectivity index is 1.75. The zero-order valence-electron chi connectivity index (χ0n) is 25.9. The predicted octanol–water partition coefficient (Wildman–Crippen LogP) is -7.68. The molecule has 278 valence electrons. The first-order valence-corrected chi connectivity index (χ1v) is 15.5. The molecule has 0 aromatic carbocycles. The number of aliphatic hydroxyl groups excluding tert-OH is 12. The summed E-state index contributed by atoms with van der Waals surface area (Å²) in [6.45, 7) is -0.746. The van der Waals surface area contributed by atoms with Gasteiger partial charge in [0.1, 0.15) is 85.5 Å². The molecule has 3 aliphatic rings. The van der Waals surface area contributed by atoms with Gasteiger partial charge in [-0.3, -0.25) is 0 Å². The lowest BCUT2D eigenvalue weighted by Crippen LogP contribution is -2.66. The van der Waals surface area contributed by atoms with E-state index < -0.39 is 130 Å². The van der Waals surface area contributed by atoms with Crippen LogP contribution in [-0.2, 0) is 33.2 Å². The second-order valence-corrected chi connectivity index (χ2v) is 11.8. The van der Waals surface area contributed by atoms with Crippen molar-refractivity contribution in [3.05, 3.63) is 0 Å². The molecule has 20 heteroatoms. The zero-order chi connectivity index (χ0) is 35.0. The van der Waals surface area contributed by atoms with Gasteiger partial charge < -0.3 is 100 Å². The molecule has 3 heterocycles. The van der Waals surface area contributed by atoms with Crippen LogP contribution in [0.2, 0.25) is 0 Å². The Hall–Kier alpha value is -0.800. The summed E-state index contributed by atoms with van der Waals surface area (Å²) < 4.78 is 38.6. The molecule has 0 amide bonds. The maximum atomic E-state index is 11.1. The molecule has 47 heavy (non-hydrogen) atoms. The molecule has 3 fully saturated rings. The number of aliphatic hydroxyl groups is 12. The first kappa shape index (κ1) is 40.6. The SMILES string of the molecule is C[C@@H]1O[C@@H](O[C@H]([C@H](O)CO)[C@@H](O)COCCCCN)[C@H](O)[C@H](O[C@H]2O[C@H](CO)[C@@H](O)[C@H](O[C@H]3O[C@H](CO)[C@H](O)[C@H](O)[C@H]3O)[C@H]2O)[C@H]1O. The summed E-state index contributed by atoms with van der Waals surface area (Å²) in [4.78, 5) is 0. The van der Waals surface area contributed by atoms with E-state index in [-0.39, 0.29) is 13.2 Å². The van der Waals surface area contributed by atoms with Crippen LogP contribution in [0, 0.1) is 0 Å². The van der Waals surface area contributed by atoms with Crippen LogP contribution in [0.1, 0.15) is 19.8 Å². The minimum absolute atomic E-state index is 0.242. The van der Waals surface area contributed by atoms with Crippen molar-refractivity contribution in [2.75, 3.05) is 39.6 Å². The van der Waals surface area contributed by atoms with Crippen LogP contribution in [0.25, 0.3) is 0 Å². The lowest BCUT2D eigenvalue weighted by Gasteiger charge is -2.48. The van der Waals surface area contributed by atoms with Crippen molar-refractivity contribution in [2.24, 2.45) is 5.73 Å². The highest BCUT2D eigenvalue weighted by Gasteiger charge is 2.54. The third-order valence-electron chi connectivity index (χ3n) is 8.30. The van der Waals surface area contributed by atoms with E-state index in [2.05, 4.69) is 0 Å². The van der Waals surface area contributed by atoms with Gasteiger partial charge in [-0.15, -0.1) is 0 Å². The Morgan fingerprint density at radius 3 is 1.77 bits per heavy atom. The van der Waals surface area contributed by atoms with Gasteiger partial charge in [-0.2, -0.15) is 0 Å². The number of unbranched alkanes of at least 4 members (excludes halogenated alkanes) is 1. The zero-order valence-corrected chi connectivity index (χ0v) is 25.9. The smallest absolute Gasteiger partial charge is 0.187 e. The van der Waals surface area contributed by atoms with Crippen LogP contribution in [0.3, 0.4) is 0 Å². The van der Waals surface area contributed by atoms with Crippen molar-refractivity contribution in [2.45, 2.75) is 130 Å². The average molecular weight is 694 g/mol. The van der Waals surface area contributed by atoms with Crippen LogP contribution >= 0.6 is 0 Å². The topological polar surface area (TPSA) is 333 Å². The quantitative estimate of drug-likeness (QED) is 0.0629. The molecule has 0 saturated carbocycles. The Bertz CT molecular complexity index is 893. The molecule has 0 aromatic rings. The summed E-state index contributed by atoms with van der Waals surface area (Å²) in [6, 6.07) is 0. The van der Waals surface area contributed by atoms with Gasteiger partial charge in [0.25, 0.3) is 0 Å². The van der Waals surface area contributed by atoms with Crippen LogP contribution < -0.4 is 5.73 Å². The Morgan fingerprint density at radius 2 is 1.19 bits per heavy atom. The Morgan fingerprint density at radius 1 is 0.638 bits per heavy atom. The van der Waals surface area contributed by atoms with Crippen molar-refractivity contribution in [1.29, 1.82) is 0 Å². The average Bonchev–Trinajstić information content (AvgIpc) is 3.06. The molecule has 0 bridgehead atoms. The monoisotopic (exact) mass is 693 g/mol. The third kappa shape index (κ3) is 9.92. The summed E-state index contributed by atoms with van der Waals surface area (Å²) in [5.41, 5.74) is 5.44. The molecule has 3 aliphatic heterocycles. The van der Waals surface area contributed by atoms with Gasteiger partial charge >= 0.3 is 0 Å². The van der Waals surface area contributed by atoms with Crippen LogP contribution in [0.5, 0.6) is 0 Å². The second-order valence-electron chi connectivity index (χ2n) is 11.8. The van der Waals surface area contributed by atoms with Crippen molar-refractivity contribution in [3.63, 3.8) is 0 Å². The van der Waals surface area contributed by atoms with Gasteiger partial charge in [-0.05, 0) is 26.3 Å². The van der Waals surface area contributed by atoms with Crippen LogP contribution in [0.15, 0.2) is 0 Å². The van der Waals surface area contributed by atoms with Crippen molar-refractivity contribution in [1.82, 2.24) is 0 Å². The van der Waals surface area contributed by atoms with Gasteiger partial charge in [-0.1, -0.05) is 0 Å². The fourth-order valence-electron chi connectivity index (χ4n) is 5.43. The summed E-state index contributed by atoms with van der Waals surface area (Å²) in [7, 11) is 0. The van der Waals surface area contributed by atoms with E-state index in [4.69, 9.17) is 38.9 Å². The van der Waals surface area contributed by atoms with Gasteiger partial charge in [0.05, 0.1) is 32.5 Å². The molecule has 3 rings (SSSR count). The molecule has 0 unspecified atom stereocenters. The van der Waals surface area contributed by atoms with E-state index in [9.17, 15) is 61.3 Å². The second kappa shape index (κ2) is 19.0. The molecule has 14 N–H and O–H groups in total. The number of hydrogen-bond acceptors (Lipinski definition) is 20. The highest BCUT2D eigenvalue weighted by atomic mass is 16.8. The van der Waals surface area contributed by atoms with Gasteiger partial charge in [0, 0.05) is 6.61 Å². The molecule has 0 aliphatic carbocycles. The van der Waals surface area contributed by atoms with Crippen molar-refractivity contribution < 1.29 is 94.4 Å². The van der Waals surface area contributed by atoms with Gasteiger partial charge in [-0.25, -0.2) is 0 Å². The van der Waals surface area contributed by atoms with E-state index in [1.807, 2.05) is 0 Å². The maximum Gasteiger partial charge on any atom is 0.187 e. The lowest BCUT2D eigenvalue weighted by molar-refractivity contribution is -0.383. The molecular formula is C27H51NO19. The number of ether oxygens (including phenoxy) is 7. The maximum absolute atomic E-state index is 11.1. The van der Waals surface area contributed by atoms with Gasteiger partial charge in [0.15, 0.2) is 18.9 Å². The van der Waals surface area contributed by atoms with Crippen molar-refractivity contribution in [3.8, 4) is 0 Å². The summed E-state index contributed by atoms with van der Waals surface area (Å²) in [5.74, 6) is 0. The molecular weight excluding hydrogens is 642 g/mol. The lowest BCUT2D eigenvalue weighted by atomic mass is 9.96. The first-order chi connectivity index (χ1) is 22.3. The number of nitrogens with two attached hydrogens (primary N) is 1. The molecule has 0 aromatic heterocycles. The minimum atomic E-state index is -1.97. The standard InChI is InChI=1S/C27H51NO19/c1-10-15(34)23(20(39)26(42-10)45-22(11(32)6-29)12(33)9-41-5-3-2-4-28)46-27-21(40)24(17(36)14(8-31)44-27)47-25-19(38)18(37)16(35)13(7-30)43-25/h10-27,29-40H,2-9,28H2,1H3/t10-,11+,12-,13+,14+,15-,16-,17+,18-,19+,20+,21+,22+,23+,24-,25+,26-,27+/m0/s1. The van der Waals surface area contributed by atoms with Crippen LogP contribution in [0.4, 0.5) is 0 Å². The van der Waals surface area contributed by atoms with E-state index in [0.717, 1.165) is 0 Å². The molecule has 0 radical (unpaired) electrons. The third-order valence-corrected chi connectivity index (χ3v) is 8.30. The predicted molar refractivity (Wildman–Crippen MR) is 151 cm³/mol. The van der Waals surface area contributed by atoms with Crippen molar-refractivity contribution >= 4 is 0 Å². The highest BCUT2D eigenvalue weighted by molar-refractivity contribution is 4.96. The molecule has 0 spiro atoms. The van der Waals surface area contributed by atoms with E-state index in [0.29, 0.717) is 19.4 Å². The summed E-state index contributed by atoms with van der Waals surface area (Å²) >= 11 is 0. The number of rotatable bonds is 17. The normalized spacial score (nSPS) is 43.4. The highest BCUT2D eigenvalue weighted by Crippen LogP contribution is 2.33. The number of hydrogen-bond donors (Lipinski definition) is 13. The molecule has 20 nitrogen and oxygen atoms in total. The molecule has 3 saturated heterocycles. The van der Waals surface area contributed by atoms with E-state index >= 15 is 0 Å². The first-order valence-electron chi connectivity index (χ1n) is 15.5. The van der Waals surface area contributed by atoms with Gasteiger partial charge in [0.2, 0.25) is 0 Å². The van der Waals surface area contributed by atoms with E-state index in [1.54, 1.807) is 0 Å². The minimum Gasteiger partial charge on any atom is -0.394 e. The Labute approximate surface area is 270 Å². The van der Waals surface area contributed by atoms with Crippen LogP contribution in [-0.4, -0.2) is 211 Å². The van der Waals surface area contributed by atoms with E-state index in [1.165, 1.54) is 6.92 Å². The fourth-order valence-corrected chi connectivity index (χ4v) is 5.43. The largest absolute Gasteiger partial charge is 0.394 e. The summed E-state index contributed by atoms with van der Waals surface area (Å²) in [5, 5.41) is 124. The Kier molecular flexibility index (Phi) is 16.4.